The second-order valence-electron chi connectivity index (χ2n) is 7.19. The third kappa shape index (κ3) is 3.44. The molecule has 0 saturated carbocycles. The van der Waals surface area contributed by atoms with Crippen LogP contribution in [0.1, 0.15) is 59.2 Å². The fourth-order valence-electron chi connectivity index (χ4n) is 3.79. The van der Waals surface area contributed by atoms with Crippen LogP contribution in [0, 0.1) is 19.7 Å². The molecule has 0 radical (unpaired) electrons. The van der Waals surface area contributed by atoms with Crippen molar-refractivity contribution in [3.8, 4) is 11.3 Å². The summed E-state index contributed by atoms with van der Waals surface area (Å²) < 4.78 is 23.9. The summed E-state index contributed by atoms with van der Waals surface area (Å²) in [5.41, 5.74) is 2.57. The Morgan fingerprint density at radius 1 is 1.11 bits per heavy atom. The highest BCUT2D eigenvalue weighted by Gasteiger charge is 2.32. The number of hydrogen-bond donors (Lipinski definition) is 0. The second kappa shape index (κ2) is 7.58. The zero-order chi connectivity index (χ0) is 19.7. The lowest BCUT2D eigenvalue weighted by atomic mass is 10.0. The Morgan fingerprint density at radius 3 is 2.61 bits per heavy atom. The Balaban J connectivity index is 1.66. The molecular formula is C21H22FN3O3. The maximum atomic E-state index is 13.3. The number of hydrogen-bond acceptors (Lipinski definition) is 5. The van der Waals surface area contributed by atoms with Crippen molar-refractivity contribution in [2.75, 3.05) is 6.54 Å². The van der Waals surface area contributed by atoms with Crippen LogP contribution < -0.4 is 0 Å². The van der Waals surface area contributed by atoms with E-state index in [-0.39, 0.29) is 17.8 Å². The molecule has 7 heteroatoms. The number of aryl methyl sites for hydroxylation is 2. The minimum absolute atomic E-state index is 0.0884. The van der Waals surface area contributed by atoms with Crippen molar-refractivity contribution in [1.82, 2.24) is 15.2 Å². The summed E-state index contributed by atoms with van der Waals surface area (Å²) in [6.45, 7) is 4.18. The fraction of sp³-hybridized carbons (Fsp3) is 0.381. The van der Waals surface area contributed by atoms with Gasteiger partial charge in [0, 0.05) is 18.2 Å². The third-order valence-electron chi connectivity index (χ3n) is 5.26. The Bertz CT molecular complexity index is 958. The standard InChI is InChI=1S/C21H22FN3O3/c1-13-20(14(2)27-23-13)21(26)25-11-5-3-4-6-18(25)17-12-19(28-24-17)15-7-9-16(22)10-8-15/h7-10,12,18H,3-6,11H2,1-2H3. The molecule has 1 aliphatic heterocycles. The lowest BCUT2D eigenvalue weighted by Gasteiger charge is -2.28. The number of amides is 1. The molecular weight excluding hydrogens is 361 g/mol. The molecule has 146 valence electrons. The van der Waals surface area contributed by atoms with Crippen molar-refractivity contribution in [2.24, 2.45) is 0 Å². The molecule has 0 aliphatic carbocycles. The average molecular weight is 383 g/mol. The monoisotopic (exact) mass is 383 g/mol. The number of benzene rings is 1. The van der Waals surface area contributed by atoms with Gasteiger partial charge in [-0.2, -0.15) is 0 Å². The summed E-state index contributed by atoms with van der Waals surface area (Å²) in [5.74, 6) is 0.694. The zero-order valence-corrected chi connectivity index (χ0v) is 15.9. The first kappa shape index (κ1) is 18.4. The van der Waals surface area contributed by atoms with Crippen LogP contribution in [0.25, 0.3) is 11.3 Å². The first-order valence-electron chi connectivity index (χ1n) is 9.51. The van der Waals surface area contributed by atoms with Gasteiger partial charge < -0.3 is 13.9 Å². The number of halogens is 1. The molecule has 3 heterocycles. The van der Waals surface area contributed by atoms with Gasteiger partial charge in [-0.3, -0.25) is 4.79 Å². The Hall–Kier alpha value is -2.96. The van der Waals surface area contributed by atoms with Crippen LogP contribution in [0.2, 0.25) is 0 Å². The Kier molecular flexibility index (Phi) is 4.98. The van der Waals surface area contributed by atoms with E-state index in [0.29, 0.717) is 35.0 Å². The van der Waals surface area contributed by atoms with E-state index in [0.717, 1.165) is 31.2 Å². The SMILES string of the molecule is Cc1noc(C)c1C(=O)N1CCCCCC1c1cc(-c2ccc(F)cc2)on1. The van der Waals surface area contributed by atoms with Crippen molar-refractivity contribution in [3.05, 3.63) is 58.9 Å². The first-order valence-corrected chi connectivity index (χ1v) is 9.51. The molecule has 0 N–H and O–H groups in total. The van der Waals surface area contributed by atoms with Crippen LogP contribution in [-0.2, 0) is 0 Å². The van der Waals surface area contributed by atoms with E-state index < -0.39 is 0 Å². The molecule has 1 unspecified atom stereocenters. The summed E-state index contributed by atoms with van der Waals surface area (Å²) >= 11 is 0. The van der Waals surface area contributed by atoms with Crippen LogP contribution in [0.15, 0.2) is 39.4 Å². The predicted molar refractivity (Wildman–Crippen MR) is 100 cm³/mol. The lowest BCUT2D eigenvalue weighted by molar-refractivity contribution is 0.0671. The molecule has 3 aromatic rings. The molecule has 2 aromatic heterocycles. The molecule has 1 aliphatic rings. The predicted octanol–water partition coefficient (Wildman–Crippen LogP) is 4.84. The van der Waals surface area contributed by atoms with Crippen molar-refractivity contribution >= 4 is 5.91 Å². The van der Waals surface area contributed by atoms with Gasteiger partial charge >= 0.3 is 0 Å². The Morgan fingerprint density at radius 2 is 1.89 bits per heavy atom. The number of carbonyl (C=O) groups excluding carboxylic acids is 1. The van der Waals surface area contributed by atoms with Gasteiger partial charge in [0.1, 0.15) is 22.8 Å². The van der Waals surface area contributed by atoms with Crippen LogP contribution >= 0.6 is 0 Å². The zero-order valence-electron chi connectivity index (χ0n) is 15.9. The van der Waals surface area contributed by atoms with Crippen LogP contribution in [-0.4, -0.2) is 27.7 Å². The smallest absolute Gasteiger partial charge is 0.259 e. The van der Waals surface area contributed by atoms with Gasteiger partial charge in [0.25, 0.3) is 5.91 Å². The van der Waals surface area contributed by atoms with E-state index in [1.807, 2.05) is 11.0 Å². The molecule has 1 atom stereocenters. The van der Waals surface area contributed by atoms with E-state index >= 15 is 0 Å². The van der Waals surface area contributed by atoms with Gasteiger partial charge in [0.15, 0.2) is 5.76 Å². The molecule has 1 fully saturated rings. The minimum Gasteiger partial charge on any atom is -0.361 e. The minimum atomic E-state index is -0.302. The van der Waals surface area contributed by atoms with Crippen molar-refractivity contribution in [1.29, 1.82) is 0 Å². The highest BCUT2D eigenvalue weighted by molar-refractivity contribution is 5.96. The van der Waals surface area contributed by atoms with Gasteiger partial charge in [0.05, 0.1) is 11.7 Å². The lowest BCUT2D eigenvalue weighted by Crippen LogP contribution is -2.35. The number of carbonyl (C=O) groups is 1. The summed E-state index contributed by atoms with van der Waals surface area (Å²) in [4.78, 5) is 15.1. The molecule has 0 bridgehead atoms. The van der Waals surface area contributed by atoms with E-state index in [4.69, 9.17) is 9.05 Å². The average Bonchev–Trinajstić information content (AvgIpc) is 3.21. The summed E-state index contributed by atoms with van der Waals surface area (Å²) in [6.07, 6.45) is 3.82. The number of aromatic nitrogens is 2. The molecule has 0 spiro atoms. The van der Waals surface area contributed by atoms with Gasteiger partial charge in [-0.1, -0.05) is 23.2 Å². The normalized spacial score (nSPS) is 17.5. The summed E-state index contributed by atoms with van der Waals surface area (Å²) in [7, 11) is 0. The number of nitrogens with zero attached hydrogens (tertiary/aromatic N) is 3. The van der Waals surface area contributed by atoms with Crippen LogP contribution in [0.4, 0.5) is 4.39 Å². The van der Waals surface area contributed by atoms with E-state index in [1.54, 1.807) is 26.0 Å². The van der Waals surface area contributed by atoms with Gasteiger partial charge in [-0.15, -0.1) is 0 Å². The number of likely N-dealkylation sites (tertiary alicyclic amines) is 1. The molecule has 1 aromatic carbocycles. The van der Waals surface area contributed by atoms with Crippen LogP contribution in [0.5, 0.6) is 0 Å². The van der Waals surface area contributed by atoms with E-state index in [9.17, 15) is 9.18 Å². The maximum absolute atomic E-state index is 13.3. The molecule has 6 nitrogen and oxygen atoms in total. The summed E-state index contributed by atoms with van der Waals surface area (Å²) in [6, 6.07) is 7.74. The van der Waals surface area contributed by atoms with Crippen LogP contribution in [0.3, 0.4) is 0 Å². The molecule has 1 saturated heterocycles. The van der Waals surface area contributed by atoms with Crippen molar-refractivity contribution in [2.45, 2.75) is 45.6 Å². The largest absolute Gasteiger partial charge is 0.361 e. The highest BCUT2D eigenvalue weighted by Crippen LogP contribution is 2.34. The number of rotatable bonds is 3. The summed E-state index contributed by atoms with van der Waals surface area (Å²) in [5, 5.41) is 8.15. The maximum Gasteiger partial charge on any atom is 0.259 e. The fourth-order valence-corrected chi connectivity index (χ4v) is 3.79. The molecule has 4 rings (SSSR count). The van der Waals surface area contributed by atoms with Gasteiger partial charge in [0.2, 0.25) is 0 Å². The topological polar surface area (TPSA) is 72.4 Å². The second-order valence-corrected chi connectivity index (χ2v) is 7.19. The van der Waals surface area contributed by atoms with E-state index in [1.165, 1.54) is 12.1 Å². The van der Waals surface area contributed by atoms with Crippen molar-refractivity contribution < 1.29 is 18.2 Å². The van der Waals surface area contributed by atoms with E-state index in [2.05, 4.69) is 10.3 Å². The molecule has 28 heavy (non-hydrogen) atoms. The molecule has 1 amide bonds. The van der Waals surface area contributed by atoms with Gasteiger partial charge in [-0.25, -0.2) is 4.39 Å². The van der Waals surface area contributed by atoms with Gasteiger partial charge in [-0.05, 0) is 51.0 Å². The first-order chi connectivity index (χ1) is 13.5. The highest BCUT2D eigenvalue weighted by atomic mass is 19.1. The Labute approximate surface area is 162 Å². The quantitative estimate of drug-likeness (QED) is 0.647. The third-order valence-corrected chi connectivity index (χ3v) is 5.26. The van der Waals surface area contributed by atoms with Crippen molar-refractivity contribution in [3.63, 3.8) is 0 Å².